The number of aryl methyl sites for hydroxylation is 1. The Balaban J connectivity index is 1.68. The van der Waals surface area contributed by atoms with Gasteiger partial charge in [-0.3, -0.25) is 0 Å². The van der Waals surface area contributed by atoms with E-state index >= 15 is 0 Å². The van der Waals surface area contributed by atoms with Gasteiger partial charge in [-0.2, -0.15) is 0 Å². The van der Waals surface area contributed by atoms with Crippen LogP contribution in [0.15, 0.2) is 91.5 Å². The molecule has 1 unspecified atom stereocenters. The van der Waals surface area contributed by atoms with Crippen LogP contribution in [0, 0.1) is 13.8 Å². The second kappa shape index (κ2) is 8.64. The third kappa shape index (κ3) is 3.76. The van der Waals surface area contributed by atoms with E-state index in [9.17, 15) is 10.2 Å². The van der Waals surface area contributed by atoms with Crippen molar-refractivity contribution < 1.29 is 19.7 Å². The van der Waals surface area contributed by atoms with E-state index in [4.69, 9.17) is 9.47 Å². The van der Waals surface area contributed by atoms with Gasteiger partial charge in [-0.1, -0.05) is 73.3 Å². The average Bonchev–Trinajstić information content (AvgIpc) is 3.27. The van der Waals surface area contributed by atoms with E-state index in [-0.39, 0.29) is 5.75 Å². The minimum absolute atomic E-state index is 0.151. The third-order valence-electron chi connectivity index (χ3n) is 6.64. The van der Waals surface area contributed by atoms with Gasteiger partial charge in [0.05, 0.1) is 0 Å². The zero-order valence-electron chi connectivity index (χ0n) is 20.1. The predicted molar refractivity (Wildman–Crippen MR) is 138 cm³/mol. The number of fused-ring (bicyclic) bond motifs is 1. The number of aliphatic hydroxyl groups excluding tert-OH is 1. The molecule has 0 aliphatic carbocycles. The number of aliphatic hydroxyl groups is 1. The van der Waals surface area contributed by atoms with Gasteiger partial charge in [-0.25, -0.2) is 0 Å². The number of allylic oxidation sites excluding steroid dienone is 1. The molecule has 0 amide bonds. The van der Waals surface area contributed by atoms with E-state index in [1.54, 1.807) is 6.07 Å². The third-order valence-corrected chi connectivity index (χ3v) is 6.64. The van der Waals surface area contributed by atoms with Gasteiger partial charge in [0.15, 0.2) is 11.5 Å². The first kappa shape index (κ1) is 22.8. The lowest BCUT2D eigenvalue weighted by Gasteiger charge is -2.28. The second-order valence-corrected chi connectivity index (χ2v) is 9.07. The van der Waals surface area contributed by atoms with Crippen molar-refractivity contribution in [3.8, 4) is 17.2 Å². The highest BCUT2D eigenvalue weighted by molar-refractivity contribution is 5.73. The van der Waals surface area contributed by atoms with E-state index in [1.165, 1.54) is 0 Å². The van der Waals surface area contributed by atoms with Gasteiger partial charge in [0.2, 0.25) is 0 Å². The predicted octanol–water partition coefficient (Wildman–Crippen LogP) is 6.80. The molecule has 0 fully saturated rings. The Labute approximate surface area is 205 Å². The summed E-state index contributed by atoms with van der Waals surface area (Å²) in [6, 6.07) is 26.8. The van der Waals surface area contributed by atoms with E-state index < -0.39 is 11.9 Å². The van der Waals surface area contributed by atoms with Gasteiger partial charge in [0.25, 0.3) is 0 Å². The van der Waals surface area contributed by atoms with Crippen LogP contribution in [0.1, 0.15) is 52.0 Å². The van der Waals surface area contributed by atoms with Crippen LogP contribution in [0.2, 0.25) is 0 Å². The molecule has 1 aliphatic rings. The van der Waals surface area contributed by atoms with Gasteiger partial charge < -0.3 is 19.7 Å². The van der Waals surface area contributed by atoms with Gasteiger partial charge >= 0.3 is 5.79 Å². The van der Waals surface area contributed by atoms with E-state index in [0.29, 0.717) is 28.2 Å². The maximum Gasteiger partial charge on any atom is 0.305 e. The van der Waals surface area contributed by atoms with Crippen LogP contribution in [-0.4, -0.2) is 10.2 Å². The largest absolute Gasteiger partial charge is 0.508 e. The fourth-order valence-electron chi connectivity index (χ4n) is 4.76. The summed E-state index contributed by atoms with van der Waals surface area (Å²) < 4.78 is 13.3. The molecule has 0 spiro atoms. The Morgan fingerprint density at radius 3 is 2.03 bits per heavy atom. The first-order valence-corrected chi connectivity index (χ1v) is 11.6. The summed E-state index contributed by atoms with van der Waals surface area (Å²) in [5, 5.41) is 21.7. The SMILES string of the molecule is C=C(C)c1cc(C(O)c2c(C)ccc(O)c2C)cc2c1OC(c1ccccc1)(c1ccccc1)O2. The van der Waals surface area contributed by atoms with Crippen molar-refractivity contribution in [1.82, 2.24) is 0 Å². The molecule has 0 bridgehead atoms. The number of ether oxygens (including phenoxy) is 2. The molecule has 5 rings (SSSR count). The van der Waals surface area contributed by atoms with Crippen LogP contribution in [-0.2, 0) is 5.79 Å². The monoisotopic (exact) mass is 464 g/mol. The van der Waals surface area contributed by atoms with Crippen LogP contribution >= 0.6 is 0 Å². The Morgan fingerprint density at radius 2 is 1.46 bits per heavy atom. The highest BCUT2D eigenvalue weighted by Gasteiger charge is 2.46. The van der Waals surface area contributed by atoms with Gasteiger partial charge in [0, 0.05) is 16.7 Å². The topological polar surface area (TPSA) is 58.9 Å². The van der Waals surface area contributed by atoms with Crippen molar-refractivity contribution in [3.63, 3.8) is 0 Å². The average molecular weight is 465 g/mol. The van der Waals surface area contributed by atoms with Gasteiger partial charge in [-0.15, -0.1) is 0 Å². The normalized spacial score (nSPS) is 14.5. The maximum atomic E-state index is 11.4. The molecule has 1 heterocycles. The van der Waals surface area contributed by atoms with Crippen LogP contribution in [0.5, 0.6) is 17.2 Å². The molecular formula is C31H28O4. The van der Waals surface area contributed by atoms with Crippen LogP contribution in [0.25, 0.3) is 5.57 Å². The van der Waals surface area contributed by atoms with E-state index in [0.717, 1.165) is 27.8 Å². The fraction of sp³-hybridized carbons (Fsp3) is 0.161. The number of benzene rings is 4. The molecule has 1 atom stereocenters. The maximum absolute atomic E-state index is 11.4. The molecule has 4 aromatic carbocycles. The summed E-state index contributed by atoms with van der Waals surface area (Å²) in [5.41, 5.74) is 6.13. The first-order valence-electron chi connectivity index (χ1n) is 11.6. The number of phenolic OH excluding ortho intramolecular Hbond substituents is 1. The van der Waals surface area contributed by atoms with E-state index in [1.807, 2.05) is 99.6 Å². The summed E-state index contributed by atoms with van der Waals surface area (Å²) in [6.45, 7) is 9.80. The number of rotatable bonds is 5. The molecule has 176 valence electrons. The second-order valence-electron chi connectivity index (χ2n) is 9.07. The highest BCUT2D eigenvalue weighted by atomic mass is 16.7. The molecule has 0 radical (unpaired) electrons. The van der Waals surface area contributed by atoms with Crippen molar-refractivity contribution in [2.75, 3.05) is 0 Å². The number of hydrogen-bond acceptors (Lipinski definition) is 4. The van der Waals surface area contributed by atoms with Gasteiger partial charge in [0.1, 0.15) is 11.9 Å². The minimum Gasteiger partial charge on any atom is -0.508 e. The molecule has 0 aromatic heterocycles. The van der Waals surface area contributed by atoms with Crippen molar-refractivity contribution in [1.29, 1.82) is 0 Å². The number of phenols is 1. The zero-order valence-corrected chi connectivity index (χ0v) is 20.1. The molecule has 0 saturated carbocycles. The Kier molecular flexibility index (Phi) is 5.62. The molecule has 1 aliphatic heterocycles. The lowest BCUT2D eigenvalue weighted by molar-refractivity contribution is -0.0460. The molecule has 35 heavy (non-hydrogen) atoms. The van der Waals surface area contributed by atoms with E-state index in [2.05, 4.69) is 6.58 Å². The van der Waals surface area contributed by atoms with Crippen LogP contribution in [0.4, 0.5) is 0 Å². The van der Waals surface area contributed by atoms with Crippen molar-refractivity contribution in [2.24, 2.45) is 0 Å². The molecule has 0 saturated heterocycles. The Bertz CT molecular complexity index is 1370. The molecule has 4 nitrogen and oxygen atoms in total. The summed E-state index contributed by atoms with van der Waals surface area (Å²) in [5.74, 6) is 0.0982. The van der Waals surface area contributed by atoms with Crippen LogP contribution in [0.3, 0.4) is 0 Å². The minimum atomic E-state index is -1.17. The van der Waals surface area contributed by atoms with Crippen LogP contribution < -0.4 is 9.47 Å². The Hall–Kier alpha value is -4.02. The molecule has 4 aromatic rings. The van der Waals surface area contributed by atoms with Crippen molar-refractivity contribution >= 4 is 5.57 Å². The van der Waals surface area contributed by atoms with Crippen molar-refractivity contribution in [3.05, 3.63) is 130 Å². The summed E-state index contributed by atoms with van der Waals surface area (Å²) in [6.07, 6.45) is -0.961. The highest BCUT2D eigenvalue weighted by Crippen LogP contribution is 2.52. The summed E-state index contributed by atoms with van der Waals surface area (Å²) in [7, 11) is 0. The lowest BCUT2D eigenvalue weighted by Crippen LogP contribution is -2.36. The van der Waals surface area contributed by atoms with Gasteiger partial charge in [-0.05, 0) is 66.8 Å². The molecule has 4 heteroatoms. The standard InChI is InChI=1S/C31H28O4/c1-19(2)25-17-22(29(33)28-20(3)15-16-26(32)21(28)4)18-27-30(25)35-31(34-27,23-11-7-5-8-12-23)24-13-9-6-10-14-24/h5-18,29,32-33H,1H2,2-4H3. The molecule has 2 N–H and O–H groups in total. The summed E-state index contributed by atoms with van der Waals surface area (Å²) >= 11 is 0. The zero-order chi connectivity index (χ0) is 24.7. The summed E-state index contributed by atoms with van der Waals surface area (Å²) in [4.78, 5) is 0. The smallest absolute Gasteiger partial charge is 0.305 e. The number of hydrogen-bond donors (Lipinski definition) is 2. The first-order chi connectivity index (χ1) is 16.8. The fourth-order valence-corrected chi connectivity index (χ4v) is 4.76. The lowest BCUT2D eigenvalue weighted by atomic mass is 9.91. The number of aromatic hydroxyl groups is 1. The van der Waals surface area contributed by atoms with Crippen molar-refractivity contribution in [2.45, 2.75) is 32.7 Å². The quantitative estimate of drug-likeness (QED) is 0.341. The Morgan fingerprint density at radius 1 is 0.857 bits per heavy atom. The molecular weight excluding hydrogens is 436 g/mol.